The van der Waals surface area contributed by atoms with Crippen LogP contribution in [0.25, 0.3) is 0 Å². The molecule has 6 nitrogen and oxygen atoms in total. The Bertz CT molecular complexity index is 1020. The second-order valence-corrected chi connectivity index (χ2v) is 9.37. The van der Waals surface area contributed by atoms with Gasteiger partial charge in [-0.3, -0.25) is 14.5 Å². The Morgan fingerprint density at radius 3 is 2.66 bits per heavy atom. The Kier molecular flexibility index (Phi) is 9.04. The third-order valence-electron chi connectivity index (χ3n) is 5.98. The predicted molar refractivity (Wildman–Crippen MR) is 127 cm³/mol. The van der Waals surface area contributed by atoms with Gasteiger partial charge in [-0.1, -0.05) is 48.9 Å². The van der Waals surface area contributed by atoms with E-state index in [4.69, 9.17) is 4.74 Å². The molecule has 0 aromatic heterocycles. The molecule has 0 radical (unpaired) electrons. The number of phenols is 1. The molecule has 1 N–H and O–H groups in total. The number of amides is 2. The number of ether oxygens (including phenoxy) is 1. The van der Waals surface area contributed by atoms with E-state index in [-0.39, 0.29) is 59.6 Å². The van der Waals surface area contributed by atoms with Crippen molar-refractivity contribution in [2.75, 3.05) is 18.9 Å². The molecular weight excluding hydrogens is 483 g/mol. The maximum atomic E-state index is 13.8. The third-order valence-corrected chi connectivity index (χ3v) is 6.84. The van der Waals surface area contributed by atoms with Crippen LogP contribution in [0.2, 0.25) is 0 Å². The molecule has 0 spiro atoms. The zero-order valence-electron chi connectivity index (χ0n) is 19.4. The zero-order valence-corrected chi connectivity index (χ0v) is 20.2. The van der Waals surface area contributed by atoms with Gasteiger partial charge in [0.25, 0.3) is 5.24 Å². The molecule has 1 aliphatic carbocycles. The lowest BCUT2D eigenvalue weighted by Crippen LogP contribution is -2.32. The Hall–Kier alpha value is -2.75. The number of alkyl halides is 3. The lowest BCUT2D eigenvalue weighted by molar-refractivity contribution is -0.154. The second kappa shape index (κ2) is 11.8. The van der Waals surface area contributed by atoms with Crippen molar-refractivity contribution in [2.45, 2.75) is 57.5 Å². The molecule has 1 aromatic carbocycles. The first-order valence-electron chi connectivity index (χ1n) is 11.5. The molecule has 2 amide bonds. The van der Waals surface area contributed by atoms with Crippen LogP contribution in [0, 0.1) is 0 Å². The number of aromatic hydroxyl groups is 1. The van der Waals surface area contributed by atoms with Gasteiger partial charge in [-0.25, -0.2) is 0 Å². The summed E-state index contributed by atoms with van der Waals surface area (Å²) in [5.74, 6) is -2.66. The fraction of sp³-hybridized carbons (Fsp3) is 0.480. The molecule has 2 aliphatic rings. The van der Waals surface area contributed by atoms with E-state index in [0.717, 1.165) is 35.1 Å². The number of hydrogen-bond donors (Lipinski definition) is 1. The molecule has 10 heteroatoms. The van der Waals surface area contributed by atoms with Gasteiger partial charge in [-0.05, 0) is 37.3 Å². The van der Waals surface area contributed by atoms with E-state index in [9.17, 15) is 32.7 Å². The van der Waals surface area contributed by atoms with Crippen molar-refractivity contribution in [1.29, 1.82) is 0 Å². The summed E-state index contributed by atoms with van der Waals surface area (Å²) in [5.41, 5.74) is 1.36. The fourth-order valence-corrected chi connectivity index (χ4v) is 5.02. The van der Waals surface area contributed by atoms with Gasteiger partial charge in [0, 0.05) is 17.5 Å². The Labute approximate surface area is 206 Å². The normalized spacial score (nSPS) is 17.0. The SMILES string of the molecule is CCCc1c(O)c(C(CC=O)C(F)(F)F)cc(CC2=CC=CCC2)c1OCCN1C(=O)CSC1=O. The number of carbonyl (C=O) groups is 3. The zero-order chi connectivity index (χ0) is 25.6. The number of imide groups is 1. The number of benzene rings is 1. The van der Waals surface area contributed by atoms with Crippen molar-refractivity contribution in [3.63, 3.8) is 0 Å². The van der Waals surface area contributed by atoms with E-state index < -0.39 is 24.3 Å². The number of thioether (sulfide) groups is 1. The van der Waals surface area contributed by atoms with E-state index in [1.54, 1.807) is 0 Å². The Morgan fingerprint density at radius 1 is 1.31 bits per heavy atom. The number of rotatable bonds is 11. The number of hydrogen-bond acceptors (Lipinski definition) is 6. The van der Waals surface area contributed by atoms with Crippen LogP contribution in [0.15, 0.2) is 29.9 Å². The molecule has 1 saturated heterocycles. The Balaban J connectivity index is 2.04. The van der Waals surface area contributed by atoms with Crippen LogP contribution in [0.5, 0.6) is 11.5 Å². The van der Waals surface area contributed by atoms with Crippen LogP contribution in [-0.4, -0.2) is 52.5 Å². The summed E-state index contributed by atoms with van der Waals surface area (Å²) in [6, 6.07) is 1.28. The standard InChI is InChI=1S/C25H28F3NO5S/c1-2-6-18-22(32)19(20(9-11-30)25(26,27)28)14-17(13-16-7-4-3-5-8-16)23(18)34-12-10-29-21(31)15-35-24(29)33/h3-4,7,11,14,20,32H,2,5-6,8-10,12-13,15H2,1H3. The smallest absolute Gasteiger partial charge is 0.396 e. The monoisotopic (exact) mass is 511 g/mol. The molecule has 1 unspecified atom stereocenters. The lowest BCUT2D eigenvalue weighted by atomic mass is 9.87. The van der Waals surface area contributed by atoms with Crippen molar-refractivity contribution in [3.8, 4) is 11.5 Å². The maximum absolute atomic E-state index is 13.8. The molecule has 1 aliphatic heterocycles. The average Bonchev–Trinajstić information content (AvgIpc) is 3.13. The summed E-state index contributed by atoms with van der Waals surface area (Å²) in [6.07, 6.45) is 3.12. The van der Waals surface area contributed by atoms with E-state index in [0.29, 0.717) is 18.4 Å². The molecule has 0 bridgehead atoms. The van der Waals surface area contributed by atoms with Gasteiger partial charge in [0.2, 0.25) is 5.91 Å². The molecule has 190 valence electrons. The highest BCUT2D eigenvalue weighted by Gasteiger charge is 2.43. The van der Waals surface area contributed by atoms with Gasteiger partial charge < -0.3 is 14.6 Å². The van der Waals surface area contributed by atoms with Crippen molar-refractivity contribution in [3.05, 3.63) is 46.6 Å². The summed E-state index contributed by atoms with van der Waals surface area (Å²) in [6.45, 7) is 1.77. The number of nitrogens with zero attached hydrogens (tertiary/aromatic N) is 1. The van der Waals surface area contributed by atoms with Crippen LogP contribution in [0.3, 0.4) is 0 Å². The number of phenolic OH excluding ortho intramolecular Hbond substituents is 1. The summed E-state index contributed by atoms with van der Waals surface area (Å²) in [5, 5.41) is 10.6. The molecule has 35 heavy (non-hydrogen) atoms. The van der Waals surface area contributed by atoms with E-state index in [1.807, 2.05) is 25.2 Å². The lowest BCUT2D eigenvalue weighted by Gasteiger charge is -2.25. The van der Waals surface area contributed by atoms with Gasteiger partial charge in [0.1, 0.15) is 24.4 Å². The number of allylic oxidation sites excluding steroid dienone is 4. The van der Waals surface area contributed by atoms with Gasteiger partial charge in [0.05, 0.1) is 18.2 Å². The predicted octanol–water partition coefficient (Wildman–Crippen LogP) is 5.47. The van der Waals surface area contributed by atoms with Crippen LogP contribution in [0.1, 0.15) is 55.2 Å². The molecule has 1 atom stereocenters. The molecule has 1 fully saturated rings. The summed E-state index contributed by atoms with van der Waals surface area (Å²) in [4.78, 5) is 35.9. The van der Waals surface area contributed by atoms with Crippen LogP contribution in [0.4, 0.5) is 18.0 Å². The quantitative estimate of drug-likeness (QED) is 0.397. The molecule has 1 heterocycles. The van der Waals surface area contributed by atoms with E-state index in [2.05, 4.69) is 0 Å². The largest absolute Gasteiger partial charge is 0.507 e. The first-order chi connectivity index (χ1) is 16.7. The van der Waals surface area contributed by atoms with Crippen molar-refractivity contribution >= 4 is 29.2 Å². The first kappa shape index (κ1) is 26.8. The highest BCUT2D eigenvalue weighted by atomic mass is 32.2. The number of carbonyl (C=O) groups excluding carboxylic acids is 3. The highest BCUT2D eigenvalue weighted by Crippen LogP contribution is 2.46. The van der Waals surface area contributed by atoms with E-state index in [1.165, 1.54) is 6.07 Å². The molecule has 3 rings (SSSR count). The maximum Gasteiger partial charge on any atom is 0.396 e. The average molecular weight is 512 g/mol. The van der Waals surface area contributed by atoms with Gasteiger partial charge in [-0.2, -0.15) is 13.2 Å². The molecule has 0 saturated carbocycles. The number of halogens is 3. The van der Waals surface area contributed by atoms with Crippen LogP contribution in [-0.2, 0) is 22.4 Å². The topological polar surface area (TPSA) is 83.9 Å². The third kappa shape index (κ3) is 6.48. The van der Waals surface area contributed by atoms with Gasteiger partial charge in [0.15, 0.2) is 0 Å². The van der Waals surface area contributed by atoms with Crippen molar-refractivity contribution in [2.24, 2.45) is 0 Å². The van der Waals surface area contributed by atoms with Crippen molar-refractivity contribution < 1.29 is 37.4 Å². The van der Waals surface area contributed by atoms with Gasteiger partial charge >= 0.3 is 6.18 Å². The number of aldehydes is 1. The van der Waals surface area contributed by atoms with E-state index >= 15 is 0 Å². The minimum Gasteiger partial charge on any atom is -0.507 e. The highest BCUT2D eigenvalue weighted by molar-refractivity contribution is 8.14. The van der Waals surface area contributed by atoms with Crippen molar-refractivity contribution in [1.82, 2.24) is 4.90 Å². The fourth-order valence-electron chi connectivity index (χ4n) is 4.27. The Morgan fingerprint density at radius 2 is 2.09 bits per heavy atom. The summed E-state index contributed by atoms with van der Waals surface area (Å²) in [7, 11) is 0. The van der Waals surface area contributed by atoms with Crippen LogP contribution < -0.4 is 4.74 Å². The molecular formula is C25H28F3NO5S. The summed E-state index contributed by atoms with van der Waals surface area (Å²) < 4.78 is 47.5. The minimum absolute atomic E-state index is 0.0000624. The molecule has 1 aromatic rings. The second-order valence-electron chi connectivity index (χ2n) is 8.44. The summed E-state index contributed by atoms with van der Waals surface area (Å²) >= 11 is 0.905. The minimum atomic E-state index is -4.72. The van der Waals surface area contributed by atoms with Gasteiger partial charge in [-0.15, -0.1) is 0 Å². The van der Waals surface area contributed by atoms with Crippen LogP contribution >= 0.6 is 11.8 Å². The first-order valence-corrected chi connectivity index (χ1v) is 12.5.